The number of nitro benzene ring substituents is 1. The van der Waals surface area contributed by atoms with Gasteiger partial charge in [0.25, 0.3) is 5.69 Å². The lowest BCUT2D eigenvalue weighted by atomic mass is 10.2. The van der Waals surface area contributed by atoms with Crippen LogP contribution in [-0.4, -0.2) is 22.2 Å². The van der Waals surface area contributed by atoms with Crippen LogP contribution in [0.5, 0.6) is 5.75 Å². The van der Waals surface area contributed by atoms with Gasteiger partial charge >= 0.3 is 0 Å². The van der Waals surface area contributed by atoms with Gasteiger partial charge in [0.05, 0.1) is 17.1 Å². The molecule has 6 heteroatoms. The first-order valence-corrected chi connectivity index (χ1v) is 6.15. The highest BCUT2D eigenvalue weighted by Gasteiger charge is 2.27. The number of halogens is 1. The number of nitro groups is 1. The average molecular weight is 302 g/mol. The Morgan fingerprint density at radius 1 is 1.41 bits per heavy atom. The van der Waals surface area contributed by atoms with E-state index in [1.165, 1.54) is 12.1 Å². The van der Waals surface area contributed by atoms with Crippen molar-refractivity contribution in [2.75, 3.05) is 0 Å². The van der Waals surface area contributed by atoms with Gasteiger partial charge in [-0.3, -0.25) is 10.1 Å². The Labute approximate surface area is 107 Å². The third-order valence-corrected chi connectivity index (χ3v) is 3.23. The fraction of sp³-hybridized carbons (Fsp3) is 0.455. The number of aliphatic hydroxyl groups is 1. The molecule has 1 aliphatic carbocycles. The third-order valence-electron chi connectivity index (χ3n) is 2.77. The van der Waals surface area contributed by atoms with Crippen LogP contribution >= 0.6 is 15.9 Å². The summed E-state index contributed by atoms with van der Waals surface area (Å²) in [5.74, 6) is 0.414. The molecule has 1 fully saturated rings. The Hall–Kier alpha value is -1.14. The first kappa shape index (κ1) is 12.3. The summed E-state index contributed by atoms with van der Waals surface area (Å²) in [7, 11) is 0. The van der Waals surface area contributed by atoms with E-state index in [-0.39, 0.29) is 11.8 Å². The van der Waals surface area contributed by atoms with Gasteiger partial charge in [0.2, 0.25) is 0 Å². The molecule has 5 nitrogen and oxygen atoms in total. The second-order valence-corrected chi connectivity index (χ2v) is 4.97. The number of ether oxygens (including phenoxy) is 1. The summed E-state index contributed by atoms with van der Waals surface area (Å²) < 4.78 is 6.17. The standard InChI is InChI=1S/C11H12BrNO4/c12-7-4-8(13(15)16)6-9(5-7)17-11-3-1-2-10(11)14/h4-6,10-11,14H,1-3H2/t10-,11-/m1/s1. The zero-order valence-corrected chi connectivity index (χ0v) is 10.6. The fourth-order valence-corrected chi connectivity index (χ4v) is 2.40. The number of rotatable bonds is 3. The van der Waals surface area contributed by atoms with Crippen molar-refractivity contribution in [1.82, 2.24) is 0 Å². The molecular formula is C11H12BrNO4. The van der Waals surface area contributed by atoms with Crippen LogP contribution in [0.1, 0.15) is 19.3 Å². The Kier molecular flexibility index (Phi) is 3.63. The third kappa shape index (κ3) is 2.95. The fourth-order valence-electron chi connectivity index (χ4n) is 1.94. The van der Waals surface area contributed by atoms with Gasteiger partial charge in [0, 0.05) is 10.5 Å². The SMILES string of the molecule is O=[N+]([O-])c1cc(Br)cc(O[C@@H]2CCC[C@H]2O)c1. The van der Waals surface area contributed by atoms with Gasteiger partial charge in [-0.05, 0) is 25.3 Å². The lowest BCUT2D eigenvalue weighted by Gasteiger charge is -2.17. The molecule has 0 heterocycles. The predicted molar refractivity (Wildman–Crippen MR) is 65.1 cm³/mol. The van der Waals surface area contributed by atoms with E-state index in [0.717, 1.165) is 19.3 Å². The van der Waals surface area contributed by atoms with Crippen LogP contribution < -0.4 is 4.74 Å². The van der Waals surface area contributed by atoms with E-state index in [0.29, 0.717) is 10.2 Å². The molecule has 0 unspecified atom stereocenters. The highest BCUT2D eigenvalue weighted by molar-refractivity contribution is 9.10. The molecule has 1 N–H and O–H groups in total. The van der Waals surface area contributed by atoms with Crippen molar-refractivity contribution in [3.8, 4) is 5.75 Å². The van der Waals surface area contributed by atoms with E-state index < -0.39 is 11.0 Å². The Balaban J connectivity index is 2.17. The van der Waals surface area contributed by atoms with Crippen LogP contribution in [0, 0.1) is 10.1 Å². The molecule has 0 amide bonds. The number of benzene rings is 1. The second kappa shape index (κ2) is 5.01. The molecule has 92 valence electrons. The average Bonchev–Trinajstić information content (AvgIpc) is 2.63. The van der Waals surface area contributed by atoms with Gasteiger partial charge in [0.15, 0.2) is 0 Å². The van der Waals surface area contributed by atoms with E-state index in [9.17, 15) is 15.2 Å². The van der Waals surface area contributed by atoms with Crippen molar-refractivity contribution >= 4 is 21.6 Å². The number of non-ortho nitro benzene ring substituents is 1. The van der Waals surface area contributed by atoms with Gasteiger partial charge < -0.3 is 9.84 Å². The molecule has 2 rings (SSSR count). The topological polar surface area (TPSA) is 72.6 Å². The maximum Gasteiger partial charge on any atom is 0.274 e. The highest BCUT2D eigenvalue weighted by Crippen LogP contribution is 2.30. The molecule has 0 bridgehead atoms. The summed E-state index contributed by atoms with van der Waals surface area (Å²) in [5, 5.41) is 20.3. The predicted octanol–water partition coefficient (Wildman–Crippen LogP) is 2.65. The molecule has 0 saturated heterocycles. The largest absolute Gasteiger partial charge is 0.487 e. The minimum Gasteiger partial charge on any atom is -0.487 e. The quantitative estimate of drug-likeness (QED) is 0.688. The molecule has 1 saturated carbocycles. The Morgan fingerprint density at radius 2 is 2.18 bits per heavy atom. The molecule has 0 aromatic heterocycles. The van der Waals surface area contributed by atoms with Gasteiger partial charge in [-0.1, -0.05) is 15.9 Å². The lowest BCUT2D eigenvalue weighted by Crippen LogP contribution is -2.25. The number of nitrogens with zero attached hydrogens (tertiary/aromatic N) is 1. The normalized spacial score (nSPS) is 23.6. The summed E-state index contributed by atoms with van der Waals surface area (Å²) in [5.41, 5.74) is -0.0261. The minimum absolute atomic E-state index is 0.0261. The van der Waals surface area contributed by atoms with Gasteiger partial charge in [-0.15, -0.1) is 0 Å². The summed E-state index contributed by atoms with van der Waals surface area (Å²) in [4.78, 5) is 10.2. The molecule has 1 aromatic carbocycles. The minimum atomic E-state index is -0.479. The highest BCUT2D eigenvalue weighted by atomic mass is 79.9. The molecule has 0 spiro atoms. The molecular weight excluding hydrogens is 290 g/mol. The molecule has 2 atom stereocenters. The first-order valence-electron chi connectivity index (χ1n) is 5.36. The molecule has 1 aromatic rings. The van der Waals surface area contributed by atoms with Gasteiger partial charge in [-0.25, -0.2) is 0 Å². The van der Waals surface area contributed by atoms with Crippen LogP contribution in [0.4, 0.5) is 5.69 Å². The second-order valence-electron chi connectivity index (χ2n) is 4.06. The van der Waals surface area contributed by atoms with Crippen molar-refractivity contribution in [3.63, 3.8) is 0 Å². The van der Waals surface area contributed by atoms with E-state index >= 15 is 0 Å². The lowest BCUT2D eigenvalue weighted by molar-refractivity contribution is -0.385. The Bertz CT molecular complexity index is 437. The monoisotopic (exact) mass is 301 g/mol. The van der Waals surface area contributed by atoms with Gasteiger partial charge in [-0.2, -0.15) is 0 Å². The van der Waals surface area contributed by atoms with E-state index in [2.05, 4.69) is 15.9 Å². The number of hydrogen-bond acceptors (Lipinski definition) is 4. The van der Waals surface area contributed by atoms with Crippen LogP contribution in [-0.2, 0) is 0 Å². The number of hydrogen-bond donors (Lipinski definition) is 1. The van der Waals surface area contributed by atoms with Crippen molar-refractivity contribution in [2.45, 2.75) is 31.5 Å². The first-order chi connectivity index (χ1) is 8.06. The summed E-state index contributed by atoms with van der Waals surface area (Å²) >= 11 is 3.20. The molecule has 0 aliphatic heterocycles. The smallest absolute Gasteiger partial charge is 0.274 e. The summed E-state index contributed by atoms with van der Waals surface area (Å²) in [6, 6.07) is 4.45. The van der Waals surface area contributed by atoms with Crippen LogP contribution in [0.15, 0.2) is 22.7 Å². The molecule has 17 heavy (non-hydrogen) atoms. The summed E-state index contributed by atoms with van der Waals surface area (Å²) in [6.45, 7) is 0. The van der Waals surface area contributed by atoms with Crippen molar-refractivity contribution in [1.29, 1.82) is 0 Å². The van der Waals surface area contributed by atoms with Crippen molar-refractivity contribution in [3.05, 3.63) is 32.8 Å². The zero-order valence-electron chi connectivity index (χ0n) is 9.01. The van der Waals surface area contributed by atoms with Crippen molar-refractivity contribution in [2.24, 2.45) is 0 Å². The van der Waals surface area contributed by atoms with Crippen LogP contribution in [0.2, 0.25) is 0 Å². The Morgan fingerprint density at radius 3 is 2.76 bits per heavy atom. The van der Waals surface area contributed by atoms with Crippen molar-refractivity contribution < 1.29 is 14.8 Å². The maximum atomic E-state index is 10.7. The molecule has 1 aliphatic rings. The van der Waals surface area contributed by atoms with Crippen LogP contribution in [0.25, 0.3) is 0 Å². The molecule has 0 radical (unpaired) electrons. The maximum absolute atomic E-state index is 10.7. The van der Waals surface area contributed by atoms with E-state index in [1.807, 2.05) is 0 Å². The van der Waals surface area contributed by atoms with Crippen LogP contribution in [0.3, 0.4) is 0 Å². The zero-order chi connectivity index (χ0) is 12.4. The van der Waals surface area contributed by atoms with E-state index in [4.69, 9.17) is 4.74 Å². The summed E-state index contributed by atoms with van der Waals surface area (Å²) in [6.07, 6.45) is 1.68. The number of aliphatic hydroxyl groups excluding tert-OH is 1. The van der Waals surface area contributed by atoms with E-state index in [1.54, 1.807) is 6.07 Å². The van der Waals surface area contributed by atoms with Gasteiger partial charge in [0.1, 0.15) is 11.9 Å².